The van der Waals surface area contributed by atoms with Gasteiger partial charge in [0.1, 0.15) is 0 Å². The van der Waals surface area contributed by atoms with Crippen molar-refractivity contribution in [3.8, 4) is 28.7 Å². The van der Waals surface area contributed by atoms with Crippen molar-refractivity contribution in [3.05, 3.63) is 48.6 Å². The van der Waals surface area contributed by atoms with E-state index in [2.05, 4.69) is 6.58 Å². The van der Waals surface area contributed by atoms with E-state index in [1.807, 2.05) is 6.07 Å². The predicted octanol–water partition coefficient (Wildman–Crippen LogP) is 3.24. The van der Waals surface area contributed by atoms with Gasteiger partial charge in [0.05, 0.1) is 40.7 Å². The molecule has 0 atom stereocenters. The molecule has 1 heterocycles. The Bertz CT molecular complexity index is 914. The fourth-order valence-corrected chi connectivity index (χ4v) is 2.72. The second-order valence-electron chi connectivity index (χ2n) is 6.12. The van der Waals surface area contributed by atoms with Gasteiger partial charge >= 0.3 is 5.97 Å². The molecule has 2 aromatic rings. The molecule has 0 bridgehead atoms. The first-order valence-corrected chi connectivity index (χ1v) is 8.97. The highest BCUT2D eigenvalue weighted by atomic mass is 16.6. The van der Waals surface area contributed by atoms with Crippen molar-refractivity contribution in [2.45, 2.75) is 6.92 Å². The highest BCUT2D eigenvalue weighted by Crippen LogP contribution is 2.42. The van der Waals surface area contributed by atoms with E-state index in [9.17, 15) is 9.59 Å². The predicted molar refractivity (Wildman–Crippen MR) is 112 cm³/mol. The molecule has 1 aliphatic rings. The third-order valence-corrected chi connectivity index (χ3v) is 4.18. The number of nitrogens with zero attached hydrogens (tertiary/aromatic N) is 1. The van der Waals surface area contributed by atoms with Crippen molar-refractivity contribution in [2.75, 3.05) is 39.9 Å². The Labute approximate surface area is 175 Å². The number of hydrogen-bond donors (Lipinski definition) is 0. The standard InChI is InChI=1S/C13H15NO4.C9H10O3/c1-8-7-14(13(8)15)9-5-10(16-2)12(18-4)11(6-9)17-3;1-7(10)12-9-6-4-3-5-8(9)11-2/h5-6H,1,7H2,2-4H3;3-6H,1-2H3. The third kappa shape index (κ3) is 5.02. The molecule has 0 spiro atoms. The first-order valence-electron chi connectivity index (χ1n) is 8.97. The summed E-state index contributed by atoms with van der Waals surface area (Å²) in [5.74, 6) is 2.15. The van der Waals surface area contributed by atoms with E-state index in [0.29, 0.717) is 46.6 Å². The number of β-lactam (4-membered cyclic amide) rings is 1. The van der Waals surface area contributed by atoms with Crippen LogP contribution in [0.5, 0.6) is 28.7 Å². The van der Waals surface area contributed by atoms with Crippen LogP contribution in [0.25, 0.3) is 0 Å². The van der Waals surface area contributed by atoms with Gasteiger partial charge in [-0.05, 0) is 12.1 Å². The van der Waals surface area contributed by atoms with Crippen LogP contribution in [0.4, 0.5) is 5.69 Å². The maximum atomic E-state index is 11.6. The first-order chi connectivity index (χ1) is 14.4. The Hall–Kier alpha value is -3.68. The van der Waals surface area contributed by atoms with Gasteiger partial charge < -0.3 is 28.6 Å². The summed E-state index contributed by atoms with van der Waals surface area (Å²) in [6.45, 7) is 5.54. The fraction of sp³-hybridized carbons (Fsp3) is 0.273. The van der Waals surface area contributed by atoms with E-state index >= 15 is 0 Å². The Morgan fingerprint density at radius 3 is 1.83 bits per heavy atom. The molecule has 8 heteroatoms. The van der Waals surface area contributed by atoms with Gasteiger partial charge in [0.15, 0.2) is 23.0 Å². The summed E-state index contributed by atoms with van der Waals surface area (Å²) in [6, 6.07) is 10.5. The lowest BCUT2D eigenvalue weighted by atomic mass is 10.1. The second kappa shape index (κ2) is 10.2. The number of amides is 1. The van der Waals surface area contributed by atoms with Crippen LogP contribution in [0.3, 0.4) is 0 Å². The van der Waals surface area contributed by atoms with Crippen LogP contribution in [0.2, 0.25) is 0 Å². The van der Waals surface area contributed by atoms with Gasteiger partial charge in [0.25, 0.3) is 5.91 Å². The summed E-state index contributed by atoms with van der Waals surface area (Å²) in [5.41, 5.74) is 1.31. The van der Waals surface area contributed by atoms with Gasteiger partial charge in [-0.1, -0.05) is 18.7 Å². The number of para-hydroxylation sites is 2. The fourth-order valence-electron chi connectivity index (χ4n) is 2.72. The largest absolute Gasteiger partial charge is 0.493 e. The van der Waals surface area contributed by atoms with Crippen LogP contribution in [0.15, 0.2) is 48.6 Å². The molecule has 1 amide bonds. The molecule has 2 aromatic carbocycles. The lowest BCUT2D eigenvalue weighted by molar-refractivity contribution is -0.132. The molecule has 0 saturated carbocycles. The molecular formula is C22H25NO7. The van der Waals surface area contributed by atoms with Crippen molar-refractivity contribution in [3.63, 3.8) is 0 Å². The van der Waals surface area contributed by atoms with Gasteiger partial charge in [0, 0.05) is 24.6 Å². The molecule has 1 aliphatic heterocycles. The molecule has 3 rings (SSSR count). The minimum absolute atomic E-state index is 0.0794. The number of methoxy groups -OCH3 is 4. The summed E-state index contributed by atoms with van der Waals surface area (Å²) in [5, 5.41) is 0. The van der Waals surface area contributed by atoms with Gasteiger partial charge in [0.2, 0.25) is 5.75 Å². The van der Waals surface area contributed by atoms with Crippen LogP contribution in [-0.4, -0.2) is 46.9 Å². The van der Waals surface area contributed by atoms with E-state index < -0.39 is 0 Å². The first kappa shape index (κ1) is 22.6. The topological polar surface area (TPSA) is 83.5 Å². The molecule has 0 N–H and O–H groups in total. The maximum absolute atomic E-state index is 11.6. The molecule has 30 heavy (non-hydrogen) atoms. The number of carbonyl (C=O) groups is 2. The monoisotopic (exact) mass is 415 g/mol. The van der Waals surface area contributed by atoms with Crippen LogP contribution in [0, 0.1) is 0 Å². The molecular weight excluding hydrogens is 390 g/mol. The zero-order chi connectivity index (χ0) is 22.3. The Kier molecular flexibility index (Phi) is 7.69. The summed E-state index contributed by atoms with van der Waals surface area (Å²) in [6.07, 6.45) is 0. The quantitative estimate of drug-likeness (QED) is 0.310. The lowest BCUT2D eigenvalue weighted by Gasteiger charge is -2.33. The zero-order valence-electron chi connectivity index (χ0n) is 17.7. The number of benzene rings is 2. The highest BCUT2D eigenvalue weighted by molar-refractivity contribution is 6.13. The average molecular weight is 415 g/mol. The molecule has 0 aliphatic carbocycles. The van der Waals surface area contributed by atoms with Crippen molar-refractivity contribution >= 4 is 17.6 Å². The number of ether oxygens (including phenoxy) is 5. The van der Waals surface area contributed by atoms with E-state index in [0.717, 1.165) is 0 Å². The molecule has 0 radical (unpaired) electrons. The minimum Gasteiger partial charge on any atom is -0.493 e. The second-order valence-corrected chi connectivity index (χ2v) is 6.12. The molecule has 160 valence electrons. The van der Waals surface area contributed by atoms with Crippen molar-refractivity contribution in [1.29, 1.82) is 0 Å². The van der Waals surface area contributed by atoms with Gasteiger partial charge in [-0.3, -0.25) is 9.59 Å². The minimum atomic E-state index is -0.348. The van der Waals surface area contributed by atoms with E-state index in [1.165, 1.54) is 35.4 Å². The third-order valence-electron chi connectivity index (χ3n) is 4.18. The summed E-state index contributed by atoms with van der Waals surface area (Å²) in [7, 11) is 6.15. The number of esters is 1. The molecule has 8 nitrogen and oxygen atoms in total. The van der Waals surface area contributed by atoms with Crippen molar-refractivity contribution < 1.29 is 33.3 Å². The van der Waals surface area contributed by atoms with Crippen LogP contribution >= 0.6 is 0 Å². The number of carbonyl (C=O) groups excluding carboxylic acids is 2. The van der Waals surface area contributed by atoms with Crippen LogP contribution < -0.4 is 28.6 Å². The summed E-state index contributed by atoms with van der Waals surface area (Å²) in [4.78, 5) is 23.8. The van der Waals surface area contributed by atoms with Crippen molar-refractivity contribution in [2.24, 2.45) is 0 Å². The normalized spacial score (nSPS) is 12.2. The Morgan fingerprint density at radius 2 is 1.43 bits per heavy atom. The van der Waals surface area contributed by atoms with E-state index in [1.54, 1.807) is 35.2 Å². The zero-order valence-corrected chi connectivity index (χ0v) is 17.7. The highest BCUT2D eigenvalue weighted by Gasteiger charge is 2.31. The smallest absolute Gasteiger partial charge is 0.308 e. The maximum Gasteiger partial charge on any atom is 0.308 e. The van der Waals surface area contributed by atoms with Gasteiger partial charge in [-0.15, -0.1) is 0 Å². The Balaban J connectivity index is 0.000000232. The van der Waals surface area contributed by atoms with E-state index in [-0.39, 0.29) is 11.9 Å². The average Bonchev–Trinajstić information content (AvgIpc) is 2.76. The number of rotatable bonds is 6. The molecule has 0 unspecified atom stereocenters. The van der Waals surface area contributed by atoms with Crippen molar-refractivity contribution in [1.82, 2.24) is 0 Å². The Morgan fingerprint density at radius 1 is 0.900 bits per heavy atom. The molecule has 1 fully saturated rings. The summed E-state index contributed by atoms with van der Waals surface area (Å²) >= 11 is 0. The van der Waals surface area contributed by atoms with E-state index in [4.69, 9.17) is 23.7 Å². The van der Waals surface area contributed by atoms with Crippen LogP contribution in [-0.2, 0) is 9.59 Å². The van der Waals surface area contributed by atoms with Crippen LogP contribution in [0.1, 0.15) is 6.92 Å². The summed E-state index contributed by atoms with van der Waals surface area (Å²) < 4.78 is 25.5. The molecule has 0 aromatic heterocycles. The molecule has 1 saturated heterocycles. The number of anilines is 1. The van der Waals surface area contributed by atoms with Gasteiger partial charge in [-0.25, -0.2) is 0 Å². The number of hydrogen-bond acceptors (Lipinski definition) is 7. The lowest BCUT2D eigenvalue weighted by Crippen LogP contribution is -2.45. The SMILES string of the molecule is C=C1CN(c2cc(OC)c(OC)c(OC)c2)C1=O.COc1ccccc1OC(C)=O. The van der Waals surface area contributed by atoms with Gasteiger partial charge in [-0.2, -0.15) is 0 Å².